The second-order valence-corrected chi connectivity index (χ2v) is 14.4. The molecule has 1 amide bonds. The highest BCUT2D eigenvalue weighted by Crippen LogP contribution is 2.18. The largest absolute Gasteiger partial charge is 0.480 e. The summed E-state index contributed by atoms with van der Waals surface area (Å²) >= 11 is 0. The van der Waals surface area contributed by atoms with Gasteiger partial charge >= 0.3 is 11.9 Å². The molecule has 4 N–H and O–H groups in total. The van der Waals surface area contributed by atoms with Crippen molar-refractivity contribution in [3.63, 3.8) is 0 Å². The highest BCUT2D eigenvalue weighted by molar-refractivity contribution is 5.83. The van der Waals surface area contributed by atoms with Gasteiger partial charge in [0, 0.05) is 12.8 Å². The first-order valence-electron chi connectivity index (χ1n) is 21.2. The molecule has 0 spiro atoms. The van der Waals surface area contributed by atoms with Crippen LogP contribution in [0.2, 0.25) is 0 Å². The van der Waals surface area contributed by atoms with Crippen molar-refractivity contribution in [2.75, 3.05) is 6.54 Å². The van der Waals surface area contributed by atoms with Gasteiger partial charge in [0.15, 0.2) is 0 Å². The summed E-state index contributed by atoms with van der Waals surface area (Å²) in [5.74, 6) is -1.27. The van der Waals surface area contributed by atoms with E-state index in [1.807, 2.05) is 0 Å². The smallest absolute Gasteiger partial charge is 0.326 e. The van der Waals surface area contributed by atoms with Gasteiger partial charge in [-0.25, -0.2) is 4.79 Å². The summed E-state index contributed by atoms with van der Waals surface area (Å²) in [6.45, 7) is 4.89. The van der Waals surface area contributed by atoms with E-state index in [-0.39, 0.29) is 18.0 Å². The molecule has 0 saturated carbocycles. The van der Waals surface area contributed by atoms with Gasteiger partial charge in [-0.15, -0.1) is 0 Å². The zero-order valence-corrected chi connectivity index (χ0v) is 32.7. The molecule has 2 atom stereocenters. The maximum atomic E-state index is 12.7. The number of aliphatic carboxylic acids is 1. The average molecular weight is 705 g/mol. The Morgan fingerprint density at radius 3 is 1.58 bits per heavy atom. The number of carbonyl (C=O) groups is 3. The standard InChI is InChI=1S/C43H80N2O5/c1-3-5-7-9-11-12-13-14-15-16-17-18-19-20-21-22-23-25-31-37-42(47)50-39(33-28-24-10-8-6-4-2)34-29-26-27-30-36-41(46)45-40(43(48)49)35-32-38-44/h11-12,14-15,39-40H,3-10,13,16-38,44H2,1-2H3,(H,45,46)(H,48,49)/b12-11-,15-14-. The van der Waals surface area contributed by atoms with Crippen molar-refractivity contribution >= 4 is 17.8 Å². The Morgan fingerprint density at radius 1 is 0.580 bits per heavy atom. The lowest BCUT2D eigenvalue weighted by Gasteiger charge is -2.18. The fraction of sp³-hybridized carbons (Fsp3) is 0.837. The number of hydrogen-bond acceptors (Lipinski definition) is 5. The van der Waals surface area contributed by atoms with Gasteiger partial charge in [-0.3, -0.25) is 9.59 Å². The minimum Gasteiger partial charge on any atom is -0.480 e. The average Bonchev–Trinajstić information content (AvgIpc) is 3.10. The predicted molar refractivity (Wildman–Crippen MR) is 211 cm³/mol. The van der Waals surface area contributed by atoms with Crippen molar-refractivity contribution in [3.8, 4) is 0 Å². The first-order chi connectivity index (χ1) is 24.4. The molecule has 0 aliphatic rings. The molecule has 0 aromatic rings. The number of carboxylic acids is 1. The number of nitrogens with one attached hydrogen (secondary N) is 1. The van der Waals surface area contributed by atoms with Gasteiger partial charge in [0.1, 0.15) is 12.1 Å². The molecule has 0 fully saturated rings. The van der Waals surface area contributed by atoms with E-state index in [9.17, 15) is 19.5 Å². The zero-order valence-electron chi connectivity index (χ0n) is 32.7. The number of ether oxygens (including phenoxy) is 1. The van der Waals surface area contributed by atoms with Crippen LogP contribution in [0.3, 0.4) is 0 Å². The third-order valence-corrected chi connectivity index (χ3v) is 9.52. The first-order valence-corrected chi connectivity index (χ1v) is 21.2. The SMILES string of the molecule is CCCCC/C=C\C/C=C\CCCCCCCCCCCC(=O)OC(CCCCCCCC)CCCCCCC(=O)NC(CCCN)C(=O)O. The predicted octanol–water partition coefficient (Wildman–Crippen LogP) is 11.7. The lowest BCUT2D eigenvalue weighted by Crippen LogP contribution is -2.40. The van der Waals surface area contributed by atoms with Gasteiger partial charge in [-0.2, -0.15) is 0 Å². The second-order valence-electron chi connectivity index (χ2n) is 14.4. The quantitative estimate of drug-likeness (QED) is 0.0334. The molecule has 0 aromatic carbocycles. The van der Waals surface area contributed by atoms with Crippen molar-refractivity contribution < 1.29 is 24.2 Å². The fourth-order valence-corrected chi connectivity index (χ4v) is 6.30. The summed E-state index contributed by atoms with van der Waals surface area (Å²) in [4.78, 5) is 36.2. The Kier molecular flexibility index (Phi) is 36.5. The molecule has 0 rings (SSSR count). The number of carbonyl (C=O) groups excluding carboxylic acids is 2. The number of nitrogens with two attached hydrogens (primary N) is 1. The van der Waals surface area contributed by atoms with Crippen LogP contribution in [0.25, 0.3) is 0 Å². The molecule has 7 heteroatoms. The molecular weight excluding hydrogens is 624 g/mol. The Morgan fingerprint density at radius 2 is 1.04 bits per heavy atom. The van der Waals surface area contributed by atoms with Crippen LogP contribution in [0.4, 0.5) is 0 Å². The summed E-state index contributed by atoms with van der Waals surface area (Å²) in [7, 11) is 0. The fourth-order valence-electron chi connectivity index (χ4n) is 6.30. The second kappa shape index (κ2) is 38.1. The molecule has 2 unspecified atom stereocenters. The molecule has 0 saturated heterocycles. The molecule has 0 aliphatic carbocycles. The number of rotatable bonds is 38. The number of unbranched alkanes of at least 4 members (excludes halogenated alkanes) is 20. The highest BCUT2D eigenvalue weighted by Gasteiger charge is 2.19. The Hall–Kier alpha value is -2.15. The molecule has 0 aromatic heterocycles. The van der Waals surface area contributed by atoms with Gasteiger partial charge in [-0.05, 0) is 90.0 Å². The van der Waals surface area contributed by atoms with Gasteiger partial charge in [0.2, 0.25) is 5.91 Å². The van der Waals surface area contributed by atoms with E-state index in [2.05, 4.69) is 43.5 Å². The lowest BCUT2D eigenvalue weighted by atomic mass is 10.0. The molecule has 292 valence electrons. The highest BCUT2D eigenvalue weighted by atomic mass is 16.5. The van der Waals surface area contributed by atoms with Crippen LogP contribution in [0.15, 0.2) is 24.3 Å². The first kappa shape index (κ1) is 47.8. The zero-order chi connectivity index (χ0) is 36.8. The summed E-state index contributed by atoms with van der Waals surface area (Å²) in [6.07, 6.45) is 42.3. The van der Waals surface area contributed by atoms with Crippen LogP contribution in [-0.2, 0) is 19.1 Å². The molecule has 0 heterocycles. The van der Waals surface area contributed by atoms with E-state index in [0.717, 1.165) is 64.2 Å². The van der Waals surface area contributed by atoms with Crippen LogP contribution in [0.1, 0.15) is 213 Å². The van der Waals surface area contributed by atoms with E-state index in [0.29, 0.717) is 32.2 Å². The lowest BCUT2D eigenvalue weighted by molar-refractivity contribution is -0.150. The van der Waals surface area contributed by atoms with Crippen LogP contribution in [0.5, 0.6) is 0 Å². The molecule has 0 radical (unpaired) electrons. The molecule has 0 aliphatic heterocycles. The van der Waals surface area contributed by atoms with E-state index in [4.69, 9.17) is 10.5 Å². The van der Waals surface area contributed by atoms with Gasteiger partial charge in [0.05, 0.1) is 0 Å². The molecule has 50 heavy (non-hydrogen) atoms. The summed E-state index contributed by atoms with van der Waals surface area (Å²) in [5, 5.41) is 11.9. The third-order valence-electron chi connectivity index (χ3n) is 9.52. The maximum Gasteiger partial charge on any atom is 0.326 e. The monoisotopic (exact) mass is 705 g/mol. The van der Waals surface area contributed by atoms with Gasteiger partial charge in [0.25, 0.3) is 0 Å². The van der Waals surface area contributed by atoms with Gasteiger partial charge < -0.3 is 20.9 Å². The molecule has 0 bridgehead atoms. The number of allylic oxidation sites excluding steroid dienone is 4. The number of esters is 1. The maximum absolute atomic E-state index is 12.7. The van der Waals surface area contributed by atoms with Crippen molar-refractivity contribution in [3.05, 3.63) is 24.3 Å². The summed E-state index contributed by atoms with van der Waals surface area (Å²) in [6, 6.07) is -0.862. The molecular formula is C43H80N2O5. The van der Waals surface area contributed by atoms with E-state index in [1.165, 1.54) is 109 Å². The van der Waals surface area contributed by atoms with E-state index >= 15 is 0 Å². The van der Waals surface area contributed by atoms with Crippen molar-refractivity contribution in [1.82, 2.24) is 5.32 Å². The number of hydrogen-bond donors (Lipinski definition) is 3. The molecule has 7 nitrogen and oxygen atoms in total. The van der Waals surface area contributed by atoms with Crippen LogP contribution < -0.4 is 11.1 Å². The van der Waals surface area contributed by atoms with Crippen LogP contribution >= 0.6 is 0 Å². The van der Waals surface area contributed by atoms with Crippen LogP contribution in [0, 0.1) is 0 Å². The topological polar surface area (TPSA) is 119 Å². The Bertz CT molecular complexity index is 843. The third kappa shape index (κ3) is 34.3. The van der Waals surface area contributed by atoms with E-state index in [1.54, 1.807) is 0 Å². The Balaban J connectivity index is 4.08. The van der Waals surface area contributed by atoms with Crippen molar-refractivity contribution in [1.29, 1.82) is 0 Å². The van der Waals surface area contributed by atoms with Crippen LogP contribution in [-0.4, -0.2) is 41.6 Å². The minimum absolute atomic E-state index is 0.0107. The summed E-state index contributed by atoms with van der Waals surface area (Å²) in [5.41, 5.74) is 5.48. The number of carboxylic acid groups (broad SMARTS) is 1. The summed E-state index contributed by atoms with van der Waals surface area (Å²) < 4.78 is 5.98. The van der Waals surface area contributed by atoms with Gasteiger partial charge in [-0.1, -0.05) is 141 Å². The van der Waals surface area contributed by atoms with E-state index < -0.39 is 12.0 Å². The number of amides is 1. The van der Waals surface area contributed by atoms with Crippen molar-refractivity contribution in [2.45, 2.75) is 225 Å². The normalized spacial score (nSPS) is 12.9. The Labute approximate surface area is 308 Å². The minimum atomic E-state index is -1.01. The van der Waals surface area contributed by atoms with Crippen molar-refractivity contribution in [2.24, 2.45) is 5.73 Å².